The molecule has 0 aliphatic rings. The third-order valence-electron chi connectivity index (χ3n) is 1.27. The smallest absolute Gasteiger partial charge is 0.227 e. The number of hydrazine groups is 2. The summed E-state index contributed by atoms with van der Waals surface area (Å²) in [6.45, 7) is 3.55. The third-order valence-corrected chi connectivity index (χ3v) is 1.27. The Hall–Kier alpha value is -1.83. The number of nitrogens with two attached hydrogens (primary N) is 1. The highest BCUT2D eigenvalue weighted by Crippen LogP contribution is 1.92. The van der Waals surface area contributed by atoms with E-state index in [0.29, 0.717) is 12.7 Å². The Morgan fingerprint density at radius 1 is 1.73 bits per heavy atom. The average Bonchev–Trinajstić information content (AvgIpc) is 2.28. The molecule has 0 saturated heterocycles. The molecule has 0 fully saturated rings. The molecule has 0 saturated carbocycles. The molecular weight excluding hydrogens is 198 g/mol. The molecular formula is C8H13N5O2. The first kappa shape index (κ1) is 13.2. The zero-order valence-electron chi connectivity index (χ0n) is 8.09. The van der Waals surface area contributed by atoms with Gasteiger partial charge in [-0.1, -0.05) is 6.07 Å². The van der Waals surface area contributed by atoms with Gasteiger partial charge in [0.15, 0.2) is 0 Å². The number of nitrogens with zero attached hydrogens (tertiary/aromatic N) is 2. The molecule has 7 nitrogen and oxygen atoms in total. The van der Waals surface area contributed by atoms with E-state index in [1.807, 2.05) is 12.1 Å². The van der Waals surface area contributed by atoms with Crippen LogP contribution in [0.2, 0.25) is 0 Å². The number of hydrogen-bond donors (Lipinski definition) is 3. The van der Waals surface area contributed by atoms with Crippen LogP contribution in [0.5, 0.6) is 0 Å². The zero-order valence-corrected chi connectivity index (χ0v) is 8.09. The molecule has 0 unspecified atom stereocenters. The molecule has 15 heavy (non-hydrogen) atoms. The van der Waals surface area contributed by atoms with Gasteiger partial charge in [0.25, 0.3) is 0 Å². The van der Waals surface area contributed by atoms with Crippen LogP contribution >= 0.6 is 0 Å². The number of aromatic nitrogens is 1. The van der Waals surface area contributed by atoms with Gasteiger partial charge in [-0.3, -0.25) is 20.9 Å². The molecule has 7 heteroatoms. The first-order valence-corrected chi connectivity index (χ1v) is 4.04. The van der Waals surface area contributed by atoms with E-state index >= 15 is 0 Å². The lowest BCUT2D eigenvalue weighted by Crippen LogP contribution is -2.36. The van der Waals surface area contributed by atoms with Crippen LogP contribution < -0.4 is 16.8 Å². The molecule has 0 spiro atoms. The van der Waals surface area contributed by atoms with Gasteiger partial charge in [-0.05, 0) is 18.2 Å². The molecule has 1 aromatic rings. The highest BCUT2D eigenvalue weighted by atomic mass is 16.6. The van der Waals surface area contributed by atoms with Crippen LogP contribution in [0.25, 0.3) is 0 Å². The first-order chi connectivity index (χ1) is 7.20. The van der Waals surface area contributed by atoms with Crippen LogP contribution in [0.1, 0.15) is 5.56 Å². The zero-order chi connectivity index (χ0) is 11.5. The normalized spacial score (nSPS) is 8.60. The van der Waals surface area contributed by atoms with E-state index in [1.165, 1.54) is 0 Å². The van der Waals surface area contributed by atoms with Crippen molar-refractivity contribution in [3.05, 3.63) is 53.0 Å². The van der Waals surface area contributed by atoms with Gasteiger partial charge in [-0.25, -0.2) is 5.43 Å². The van der Waals surface area contributed by atoms with Gasteiger partial charge < -0.3 is 0 Å². The van der Waals surface area contributed by atoms with Crippen LogP contribution in [0.3, 0.4) is 0 Å². The van der Waals surface area contributed by atoms with Crippen LogP contribution in [0, 0.1) is 10.1 Å². The molecule has 1 aromatic heterocycles. The van der Waals surface area contributed by atoms with Crippen LogP contribution in [-0.4, -0.2) is 9.91 Å². The van der Waals surface area contributed by atoms with E-state index in [-0.39, 0.29) is 0 Å². The number of nitrogens with one attached hydrogen (secondary N) is 2. The van der Waals surface area contributed by atoms with E-state index in [1.54, 1.807) is 12.4 Å². The molecule has 0 amide bonds. The topological polar surface area (TPSA) is 106 Å². The Morgan fingerprint density at radius 2 is 2.40 bits per heavy atom. The minimum Gasteiger partial charge on any atom is -0.264 e. The molecule has 4 N–H and O–H groups in total. The van der Waals surface area contributed by atoms with E-state index < -0.39 is 4.92 Å². The summed E-state index contributed by atoms with van der Waals surface area (Å²) in [5, 5.41) is 9.06. The summed E-state index contributed by atoms with van der Waals surface area (Å²) >= 11 is 0. The highest BCUT2D eigenvalue weighted by molar-refractivity contribution is 5.07. The first-order valence-electron chi connectivity index (χ1n) is 4.04. The number of pyridine rings is 1. The fourth-order valence-electron chi connectivity index (χ4n) is 0.656. The second-order valence-electron chi connectivity index (χ2n) is 2.33. The Balaban J connectivity index is 0.000000336. The minimum atomic E-state index is -0.611. The van der Waals surface area contributed by atoms with Crippen molar-refractivity contribution in [1.82, 2.24) is 15.9 Å². The fraction of sp³-hybridized carbons (Fsp3) is 0.125. The maximum absolute atomic E-state index is 9.06. The highest BCUT2D eigenvalue weighted by Gasteiger charge is 1.86. The second-order valence-corrected chi connectivity index (χ2v) is 2.33. The Bertz CT molecular complexity index is 290. The lowest BCUT2D eigenvalue weighted by atomic mass is 10.3. The maximum Gasteiger partial charge on any atom is 0.227 e. The molecule has 0 aliphatic carbocycles. The van der Waals surface area contributed by atoms with Gasteiger partial charge in [0, 0.05) is 18.9 Å². The summed E-state index contributed by atoms with van der Waals surface area (Å²) in [6, 6.07) is 3.85. The van der Waals surface area contributed by atoms with Crippen molar-refractivity contribution in [2.45, 2.75) is 6.54 Å². The number of hydrogen-bond acceptors (Lipinski definition) is 6. The van der Waals surface area contributed by atoms with Gasteiger partial charge in [-0.2, -0.15) is 5.53 Å². The largest absolute Gasteiger partial charge is 0.264 e. The van der Waals surface area contributed by atoms with Gasteiger partial charge in [0.05, 0.1) is 4.92 Å². The number of nitro groups is 1. The Morgan fingerprint density at radius 3 is 2.80 bits per heavy atom. The molecule has 82 valence electrons. The quantitative estimate of drug-likeness (QED) is 0.366. The number of rotatable bonds is 4. The fourth-order valence-corrected chi connectivity index (χ4v) is 0.656. The van der Waals surface area contributed by atoms with Crippen molar-refractivity contribution in [3.8, 4) is 0 Å². The van der Waals surface area contributed by atoms with Crippen molar-refractivity contribution >= 4 is 0 Å². The standard InChI is InChI=1S/C6H10N4.C2H3NO2/c7-10-9-5-6-2-1-3-8-4-6;1-2-3(4)5/h1-4,9-10H,5,7H2;2H,1H2. The summed E-state index contributed by atoms with van der Waals surface area (Å²) < 4.78 is 0. The SMILES string of the molecule is C=C[N+](=O)[O-].NNNCc1cccnc1. The van der Waals surface area contributed by atoms with E-state index in [4.69, 9.17) is 16.0 Å². The summed E-state index contributed by atoms with van der Waals surface area (Å²) in [5.74, 6) is 4.99. The molecule has 0 aromatic carbocycles. The van der Waals surface area contributed by atoms with Gasteiger partial charge in [0.1, 0.15) is 0 Å². The summed E-state index contributed by atoms with van der Waals surface area (Å²) in [5.41, 5.74) is 6.19. The summed E-state index contributed by atoms with van der Waals surface area (Å²) in [4.78, 5) is 12.4. The van der Waals surface area contributed by atoms with E-state index in [2.05, 4.69) is 22.5 Å². The van der Waals surface area contributed by atoms with Crippen molar-refractivity contribution in [1.29, 1.82) is 0 Å². The third kappa shape index (κ3) is 8.50. The molecule has 0 radical (unpaired) electrons. The molecule has 1 rings (SSSR count). The van der Waals surface area contributed by atoms with Crippen LogP contribution in [0.4, 0.5) is 0 Å². The summed E-state index contributed by atoms with van der Waals surface area (Å²) in [6.07, 6.45) is 4.16. The lowest BCUT2D eigenvalue weighted by Gasteiger charge is -1.99. The van der Waals surface area contributed by atoms with Gasteiger partial charge in [0.2, 0.25) is 6.20 Å². The predicted octanol–water partition coefficient (Wildman–Crippen LogP) is -0.0439. The maximum atomic E-state index is 9.06. The molecule has 1 heterocycles. The van der Waals surface area contributed by atoms with Crippen molar-refractivity contribution < 1.29 is 4.92 Å². The van der Waals surface area contributed by atoms with E-state index in [0.717, 1.165) is 5.56 Å². The van der Waals surface area contributed by atoms with Crippen LogP contribution in [-0.2, 0) is 6.54 Å². The summed E-state index contributed by atoms with van der Waals surface area (Å²) in [7, 11) is 0. The van der Waals surface area contributed by atoms with Crippen LogP contribution in [0.15, 0.2) is 37.3 Å². The van der Waals surface area contributed by atoms with Gasteiger partial charge in [-0.15, -0.1) is 0 Å². The Kier molecular flexibility index (Phi) is 7.69. The predicted molar refractivity (Wildman–Crippen MR) is 55.6 cm³/mol. The molecule has 0 bridgehead atoms. The van der Waals surface area contributed by atoms with Crippen molar-refractivity contribution in [2.75, 3.05) is 0 Å². The van der Waals surface area contributed by atoms with E-state index in [9.17, 15) is 0 Å². The van der Waals surface area contributed by atoms with Crippen molar-refractivity contribution in [3.63, 3.8) is 0 Å². The minimum absolute atomic E-state index is 0.611. The molecule has 0 aliphatic heterocycles. The average molecular weight is 211 g/mol. The van der Waals surface area contributed by atoms with Crippen molar-refractivity contribution in [2.24, 2.45) is 5.84 Å². The Labute approximate surface area is 87.1 Å². The van der Waals surface area contributed by atoms with Gasteiger partial charge >= 0.3 is 0 Å². The monoisotopic (exact) mass is 211 g/mol. The molecule has 0 atom stereocenters. The lowest BCUT2D eigenvalue weighted by molar-refractivity contribution is -0.401. The second kappa shape index (κ2) is 8.75.